The number of fused-ring (bicyclic) bond motifs is 1. The van der Waals surface area contributed by atoms with Crippen molar-refractivity contribution < 1.29 is 14.1 Å². The fourth-order valence-corrected chi connectivity index (χ4v) is 4.77. The summed E-state index contributed by atoms with van der Waals surface area (Å²) in [4.78, 5) is 12.6. The van der Waals surface area contributed by atoms with E-state index in [0.29, 0.717) is 27.3 Å². The van der Waals surface area contributed by atoms with Gasteiger partial charge in [-0.05, 0) is 73.8 Å². The van der Waals surface area contributed by atoms with Crippen LogP contribution in [0.25, 0.3) is 0 Å². The number of hydrogen-bond donors (Lipinski definition) is 1. The number of rotatable bonds is 7. The van der Waals surface area contributed by atoms with E-state index in [1.807, 2.05) is 32.0 Å². The molecule has 0 aliphatic carbocycles. The minimum Gasteiger partial charge on any atom is -0.611 e. The van der Waals surface area contributed by atoms with Gasteiger partial charge in [0.2, 0.25) is 5.91 Å². The molecule has 1 heterocycles. The van der Waals surface area contributed by atoms with E-state index in [1.54, 1.807) is 18.2 Å². The molecule has 3 rings (SSSR count). The second kappa shape index (κ2) is 8.31. The van der Waals surface area contributed by atoms with Crippen LogP contribution >= 0.6 is 23.2 Å². The lowest BCUT2D eigenvalue weighted by atomic mass is 9.86. The summed E-state index contributed by atoms with van der Waals surface area (Å²) >= 11 is 10.8. The van der Waals surface area contributed by atoms with E-state index in [-0.39, 0.29) is 5.91 Å². The number of carbonyl (C=O) groups excluding carboxylic acids is 1. The zero-order chi connectivity index (χ0) is 19.6. The summed E-state index contributed by atoms with van der Waals surface area (Å²) < 4.78 is 18.2. The zero-order valence-electron chi connectivity index (χ0n) is 15.2. The van der Waals surface area contributed by atoms with Crippen molar-refractivity contribution in [1.82, 2.24) is 0 Å². The lowest BCUT2D eigenvalue weighted by Gasteiger charge is -2.16. The molecule has 0 aromatic heterocycles. The summed E-state index contributed by atoms with van der Waals surface area (Å²) in [6.45, 7) is 4.31. The van der Waals surface area contributed by atoms with Crippen molar-refractivity contribution in [3.05, 3.63) is 52.0 Å². The zero-order valence-corrected chi connectivity index (χ0v) is 17.5. The molecule has 0 saturated carbocycles. The van der Waals surface area contributed by atoms with Gasteiger partial charge >= 0.3 is 0 Å². The predicted molar refractivity (Wildman–Crippen MR) is 111 cm³/mol. The first-order chi connectivity index (χ1) is 12.8. The van der Waals surface area contributed by atoms with Crippen molar-refractivity contribution in [2.75, 3.05) is 17.7 Å². The van der Waals surface area contributed by atoms with Crippen LogP contribution in [-0.2, 0) is 21.4 Å². The molecule has 1 aliphatic rings. The van der Waals surface area contributed by atoms with Crippen molar-refractivity contribution in [2.24, 2.45) is 0 Å². The van der Waals surface area contributed by atoms with Gasteiger partial charge in [0.1, 0.15) is 11.5 Å². The number of halogens is 2. The van der Waals surface area contributed by atoms with Gasteiger partial charge in [-0.3, -0.25) is 4.79 Å². The van der Waals surface area contributed by atoms with E-state index in [9.17, 15) is 9.35 Å². The first kappa shape index (κ1) is 20.3. The fraction of sp³-hybridized carbons (Fsp3) is 0.350. The van der Waals surface area contributed by atoms with E-state index >= 15 is 0 Å². The second-order valence-corrected chi connectivity index (χ2v) is 9.35. The van der Waals surface area contributed by atoms with Crippen molar-refractivity contribution in [2.45, 2.75) is 37.0 Å². The Morgan fingerprint density at radius 2 is 1.93 bits per heavy atom. The van der Waals surface area contributed by atoms with Gasteiger partial charge in [-0.1, -0.05) is 23.2 Å². The van der Waals surface area contributed by atoms with E-state index in [0.717, 1.165) is 29.8 Å². The fourth-order valence-electron chi connectivity index (χ4n) is 2.93. The third kappa shape index (κ3) is 4.54. The van der Waals surface area contributed by atoms with Crippen LogP contribution in [0, 0.1) is 0 Å². The number of anilines is 1. The van der Waals surface area contributed by atoms with E-state index in [4.69, 9.17) is 27.9 Å². The molecule has 4 nitrogen and oxygen atoms in total. The van der Waals surface area contributed by atoms with Crippen LogP contribution in [0.15, 0.2) is 41.3 Å². The maximum absolute atomic E-state index is 12.4. The molecule has 0 bridgehead atoms. The van der Waals surface area contributed by atoms with Crippen LogP contribution in [0.4, 0.5) is 5.69 Å². The van der Waals surface area contributed by atoms with E-state index in [2.05, 4.69) is 5.32 Å². The van der Waals surface area contributed by atoms with Gasteiger partial charge < -0.3 is 14.6 Å². The smallest absolute Gasteiger partial charge is 0.234 e. The highest BCUT2D eigenvalue weighted by molar-refractivity contribution is 7.91. The molecule has 1 amide bonds. The maximum Gasteiger partial charge on any atom is 0.234 e. The van der Waals surface area contributed by atoms with E-state index < -0.39 is 16.6 Å². The molecule has 0 radical (unpaired) electrons. The molecule has 144 valence electrons. The van der Waals surface area contributed by atoms with Crippen molar-refractivity contribution in [1.29, 1.82) is 0 Å². The van der Waals surface area contributed by atoms with Crippen LogP contribution in [-0.4, -0.2) is 22.8 Å². The third-order valence-electron chi connectivity index (χ3n) is 4.61. The summed E-state index contributed by atoms with van der Waals surface area (Å²) in [5.41, 5.74) is 1.23. The second-order valence-electron chi connectivity index (χ2n) is 6.97. The standard InChI is InChI=1S/C20H21Cl2NO3S/c1-20(2)15-12-14(6-8-17(15)23-19(20)24)26-9-3-4-10-27(25)18-11-13(21)5-7-16(18)22/h5-8,11-12H,3-4,9-10H2,1-2H3,(H,23,24). The summed E-state index contributed by atoms with van der Waals surface area (Å²) in [5, 5.41) is 3.88. The first-order valence-electron chi connectivity index (χ1n) is 8.71. The Labute approximate surface area is 172 Å². The van der Waals surface area contributed by atoms with Gasteiger partial charge in [-0.15, -0.1) is 0 Å². The molecular weight excluding hydrogens is 405 g/mol. The normalized spacial score (nSPS) is 16.0. The molecular formula is C20H21Cl2NO3S. The average Bonchev–Trinajstić information content (AvgIpc) is 2.86. The molecule has 1 N–H and O–H groups in total. The Hall–Kier alpha value is -1.40. The Balaban J connectivity index is 1.48. The third-order valence-corrected chi connectivity index (χ3v) is 6.78. The van der Waals surface area contributed by atoms with Gasteiger partial charge in [0.25, 0.3) is 0 Å². The highest BCUT2D eigenvalue weighted by Crippen LogP contribution is 2.39. The van der Waals surface area contributed by atoms with Gasteiger partial charge in [-0.25, -0.2) is 0 Å². The number of ether oxygens (including phenoxy) is 1. The van der Waals surface area contributed by atoms with Crippen LogP contribution in [0.2, 0.25) is 10.0 Å². The Morgan fingerprint density at radius 1 is 1.15 bits per heavy atom. The van der Waals surface area contributed by atoms with Crippen LogP contribution in [0.1, 0.15) is 32.3 Å². The topological polar surface area (TPSA) is 61.4 Å². The molecule has 7 heteroatoms. The first-order valence-corrected chi connectivity index (χ1v) is 10.8. The maximum atomic E-state index is 12.4. The molecule has 0 spiro atoms. The molecule has 0 fully saturated rings. The average molecular weight is 426 g/mol. The van der Waals surface area contributed by atoms with Crippen LogP contribution in [0.5, 0.6) is 5.75 Å². The molecule has 27 heavy (non-hydrogen) atoms. The highest BCUT2D eigenvalue weighted by atomic mass is 35.5. The number of hydrogen-bond acceptors (Lipinski definition) is 3. The molecule has 1 unspecified atom stereocenters. The Bertz CT molecular complexity index is 857. The van der Waals surface area contributed by atoms with Crippen molar-refractivity contribution in [3.63, 3.8) is 0 Å². The van der Waals surface area contributed by atoms with Crippen molar-refractivity contribution >= 4 is 46.0 Å². The SMILES string of the molecule is CC1(C)C(=O)Nc2ccc(OCCCC[S+]([O-])c3cc(Cl)ccc3Cl)cc21. The number of carbonyl (C=O) groups is 1. The van der Waals surface area contributed by atoms with Crippen LogP contribution < -0.4 is 10.1 Å². The molecule has 2 aromatic carbocycles. The number of unbranched alkanes of at least 4 members (excludes halogenated alkanes) is 1. The summed E-state index contributed by atoms with van der Waals surface area (Å²) in [6, 6.07) is 10.6. The molecule has 2 aromatic rings. The lowest BCUT2D eigenvalue weighted by Crippen LogP contribution is -2.26. The quantitative estimate of drug-likeness (QED) is 0.490. The molecule has 1 aliphatic heterocycles. The van der Waals surface area contributed by atoms with E-state index in [1.165, 1.54) is 0 Å². The minimum absolute atomic E-state index is 0.00296. The number of amides is 1. The van der Waals surface area contributed by atoms with Gasteiger partial charge in [0.15, 0.2) is 4.90 Å². The Kier molecular flexibility index (Phi) is 6.26. The summed E-state index contributed by atoms with van der Waals surface area (Å²) in [6.07, 6.45) is 1.51. The summed E-state index contributed by atoms with van der Waals surface area (Å²) in [7, 11) is 0. The van der Waals surface area contributed by atoms with Crippen molar-refractivity contribution in [3.8, 4) is 5.75 Å². The monoisotopic (exact) mass is 425 g/mol. The Morgan fingerprint density at radius 3 is 2.70 bits per heavy atom. The molecule has 0 saturated heterocycles. The predicted octanol–water partition coefficient (Wildman–Crippen LogP) is 5.19. The largest absolute Gasteiger partial charge is 0.611 e. The van der Waals surface area contributed by atoms with Crippen LogP contribution in [0.3, 0.4) is 0 Å². The minimum atomic E-state index is -1.19. The number of nitrogens with one attached hydrogen (secondary N) is 1. The highest BCUT2D eigenvalue weighted by Gasteiger charge is 2.38. The lowest BCUT2D eigenvalue weighted by molar-refractivity contribution is -0.119. The van der Waals surface area contributed by atoms with Gasteiger partial charge in [0.05, 0.1) is 17.0 Å². The summed E-state index contributed by atoms with van der Waals surface area (Å²) in [5.74, 6) is 1.23. The van der Waals surface area contributed by atoms with Gasteiger partial charge in [-0.2, -0.15) is 0 Å². The van der Waals surface area contributed by atoms with Gasteiger partial charge in [0, 0.05) is 16.8 Å². The number of benzene rings is 2. The molecule has 1 atom stereocenters.